The highest BCUT2D eigenvalue weighted by Gasteiger charge is 2.49. The summed E-state index contributed by atoms with van der Waals surface area (Å²) in [6.07, 6.45) is 10.7. The quantitative estimate of drug-likeness (QED) is 0.138. The number of rotatable bonds is 6. The molecule has 13 atom stereocenters. The van der Waals surface area contributed by atoms with Crippen molar-refractivity contribution in [3.05, 3.63) is 60.8 Å². The van der Waals surface area contributed by atoms with E-state index >= 15 is 0 Å². The number of amides is 2. The van der Waals surface area contributed by atoms with Gasteiger partial charge >= 0.3 is 12.0 Å². The van der Waals surface area contributed by atoms with Crippen molar-refractivity contribution >= 4 is 12.0 Å². The van der Waals surface area contributed by atoms with Crippen molar-refractivity contribution in [1.82, 2.24) is 10.6 Å². The van der Waals surface area contributed by atoms with E-state index in [0.29, 0.717) is 6.42 Å². The summed E-state index contributed by atoms with van der Waals surface area (Å²) in [5.74, 6) is -2.48. The van der Waals surface area contributed by atoms with Crippen molar-refractivity contribution in [2.45, 2.75) is 137 Å². The summed E-state index contributed by atoms with van der Waals surface area (Å²) >= 11 is 0. The van der Waals surface area contributed by atoms with Crippen molar-refractivity contribution < 1.29 is 58.8 Å². The molecule has 3 saturated heterocycles. The van der Waals surface area contributed by atoms with Crippen LogP contribution in [0.15, 0.2) is 60.8 Å². The first-order valence-electron chi connectivity index (χ1n) is 17.8. The molecule has 0 aromatic rings. The van der Waals surface area contributed by atoms with Crippen LogP contribution in [0.3, 0.4) is 0 Å². The van der Waals surface area contributed by atoms with Crippen molar-refractivity contribution in [3.63, 3.8) is 0 Å². The fraction of sp³-hybridized carbons (Fsp3) is 0.667. The number of ether oxygens (including phenoxy) is 5. The Hall–Kier alpha value is -2.96. The molecule has 9 N–H and O–H groups in total. The van der Waals surface area contributed by atoms with E-state index in [-0.39, 0.29) is 38.4 Å². The van der Waals surface area contributed by atoms with Crippen LogP contribution in [0, 0.1) is 0 Å². The van der Waals surface area contributed by atoms with Crippen molar-refractivity contribution in [2.75, 3.05) is 13.7 Å². The molecule has 2 bridgehead atoms. The van der Waals surface area contributed by atoms with E-state index in [0.717, 1.165) is 19.3 Å². The number of nitrogens with one attached hydrogen (secondary N) is 2. The van der Waals surface area contributed by atoms with Crippen LogP contribution in [-0.4, -0.2) is 130 Å². The Morgan fingerprint density at radius 3 is 2.51 bits per heavy atom. The van der Waals surface area contributed by atoms with Gasteiger partial charge in [0.25, 0.3) is 0 Å². The fourth-order valence-corrected chi connectivity index (χ4v) is 6.38. The molecule has 15 nitrogen and oxygen atoms in total. The smallest absolute Gasteiger partial charge is 0.330 e. The molecule has 0 aromatic heterocycles. The van der Waals surface area contributed by atoms with E-state index in [1.807, 2.05) is 18.2 Å². The number of hydrogen-bond acceptors (Lipinski definition) is 13. The number of carbonyl (C=O) groups excluding carboxylic acids is 2. The lowest BCUT2D eigenvalue weighted by Gasteiger charge is -2.46. The van der Waals surface area contributed by atoms with Gasteiger partial charge in [-0.15, -0.1) is 0 Å². The zero-order chi connectivity index (χ0) is 37.0. The lowest BCUT2D eigenvalue weighted by atomic mass is 9.87. The Morgan fingerprint density at radius 2 is 1.76 bits per heavy atom. The second-order valence-electron chi connectivity index (χ2n) is 13.5. The molecule has 286 valence electrons. The lowest BCUT2D eigenvalue weighted by Crippen LogP contribution is -2.63. The number of cyclic esters (lactones) is 1. The normalized spacial score (nSPS) is 42.9. The van der Waals surface area contributed by atoms with Gasteiger partial charge in [-0.2, -0.15) is 0 Å². The largest absolute Gasteiger partial charge is 0.459 e. The highest BCUT2D eigenvalue weighted by atomic mass is 16.7. The number of aliphatic hydroxyl groups excluding tert-OH is 4. The van der Waals surface area contributed by atoms with Crippen LogP contribution in [0.2, 0.25) is 0 Å². The number of nitrogens with two attached hydrogens (primary N) is 1. The molecule has 0 radical (unpaired) electrons. The van der Waals surface area contributed by atoms with Crippen LogP contribution in [-0.2, 0) is 28.5 Å². The molecule has 0 aromatic carbocycles. The molecule has 4 heterocycles. The molecular weight excluding hydrogens is 666 g/mol. The standard InChI is InChI=1S/C36H55N3O12/c1-3-4-12-23-13-10-8-6-5-7-9-11-14-24(49-34-33(44)31(37)26(42)21-47-34)18-29-32(39-35(45)38-2)25(41)20-36(46,51-29)19-22(40)17-28-27(50-28)15-16-30(43)48-23/h5-11,14-16,22-29,31-34,40-42,44,46H,3-4,12-13,17-21,37H2,1-2H3,(H2,38,39,45)/b6-5+,9-7+,10-8+,14-11+,16-15+/t22-,23?,24-,25-,26+,27+,28+,29-,31-,32?,33-,34-,36+/m0/s1. The number of unbranched alkanes of at least 4 members (excludes halogenated alkanes) is 1. The van der Waals surface area contributed by atoms with Crippen LogP contribution in [0.5, 0.6) is 0 Å². The molecule has 0 spiro atoms. The Kier molecular flexibility index (Phi) is 15.8. The summed E-state index contributed by atoms with van der Waals surface area (Å²) in [7, 11) is 1.42. The molecule has 4 rings (SSSR count). The van der Waals surface area contributed by atoms with E-state index in [4.69, 9.17) is 29.4 Å². The molecule has 4 aliphatic rings. The molecule has 0 saturated carbocycles. The molecular formula is C36H55N3O12. The fourth-order valence-electron chi connectivity index (χ4n) is 6.38. The minimum Gasteiger partial charge on any atom is -0.459 e. The van der Waals surface area contributed by atoms with Gasteiger partial charge in [0.2, 0.25) is 0 Å². The molecule has 0 aliphatic carbocycles. The van der Waals surface area contributed by atoms with Crippen molar-refractivity contribution in [2.24, 2.45) is 5.73 Å². The van der Waals surface area contributed by atoms with Crippen LogP contribution in [0.1, 0.15) is 58.3 Å². The third-order valence-electron chi connectivity index (χ3n) is 9.24. The Bertz CT molecular complexity index is 1280. The molecule has 15 heteroatoms. The zero-order valence-electron chi connectivity index (χ0n) is 29.2. The SMILES string of the molecule is CCCCC1C/C=C/C=C/C=C/C=C/[C@H](O[C@@H]2OC[C@@H](O)[C@H](N)[C@@H]2O)C[C@@H]2O[C@](O)(C[C@@H](O)C[C@H]3O[C@@H]3/C=C/C(=O)O1)C[C@H](O)C2NC(=O)NC. The number of carbonyl (C=O) groups is 2. The Balaban J connectivity index is 1.59. The van der Waals surface area contributed by atoms with Gasteiger partial charge in [0.1, 0.15) is 18.3 Å². The first-order valence-corrected chi connectivity index (χ1v) is 17.8. The summed E-state index contributed by atoms with van der Waals surface area (Å²) in [6.45, 7) is 1.90. The average Bonchev–Trinajstić information content (AvgIpc) is 3.83. The van der Waals surface area contributed by atoms with E-state index in [1.165, 1.54) is 13.1 Å². The van der Waals surface area contributed by atoms with Gasteiger partial charge < -0.3 is 65.6 Å². The van der Waals surface area contributed by atoms with Gasteiger partial charge in [-0.25, -0.2) is 9.59 Å². The molecule has 4 aliphatic heterocycles. The van der Waals surface area contributed by atoms with Gasteiger partial charge in [0.05, 0.1) is 55.3 Å². The second-order valence-corrected chi connectivity index (χ2v) is 13.5. The lowest BCUT2D eigenvalue weighted by molar-refractivity contribution is -0.298. The molecule has 2 amide bonds. The number of urea groups is 1. The van der Waals surface area contributed by atoms with Gasteiger partial charge in [0.15, 0.2) is 12.1 Å². The minimum atomic E-state index is -2.00. The summed E-state index contributed by atoms with van der Waals surface area (Å²) < 4.78 is 29.1. The summed E-state index contributed by atoms with van der Waals surface area (Å²) in [5, 5.41) is 59.6. The number of epoxide rings is 1. The van der Waals surface area contributed by atoms with Gasteiger partial charge in [-0.3, -0.25) is 0 Å². The zero-order valence-corrected chi connectivity index (χ0v) is 29.2. The maximum absolute atomic E-state index is 12.6. The van der Waals surface area contributed by atoms with Crippen LogP contribution < -0.4 is 16.4 Å². The van der Waals surface area contributed by atoms with Crippen LogP contribution in [0.4, 0.5) is 4.79 Å². The maximum Gasteiger partial charge on any atom is 0.330 e. The molecule has 3 fully saturated rings. The molecule has 51 heavy (non-hydrogen) atoms. The number of allylic oxidation sites excluding steroid dienone is 6. The summed E-state index contributed by atoms with van der Waals surface area (Å²) in [5.41, 5.74) is 5.96. The van der Waals surface area contributed by atoms with Gasteiger partial charge in [-0.05, 0) is 12.5 Å². The van der Waals surface area contributed by atoms with Crippen molar-refractivity contribution in [3.8, 4) is 0 Å². The second kappa shape index (κ2) is 19.8. The summed E-state index contributed by atoms with van der Waals surface area (Å²) in [4.78, 5) is 24.9. The topological polar surface area (TPSA) is 235 Å². The van der Waals surface area contributed by atoms with Gasteiger partial charge in [-0.1, -0.05) is 68.4 Å². The van der Waals surface area contributed by atoms with Crippen LogP contribution in [0.25, 0.3) is 0 Å². The third-order valence-corrected chi connectivity index (χ3v) is 9.24. The first-order chi connectivity index (χ1) is 24.4. The van der Waals surface area contributed by atoms with E-state index in [1.54, 1.807) is 36.5 Å². The number of hydrogen-bond donors (Lipinski definition) is 8. The number of esters is 1. The Morgan fingerprint density at radius 1 is 1.02 bits per heavy atom. The van der Waals surface area contributed by atoms with E-state index < -0.39 is 85.0 Å². The van der Waals surface area contributed by atoms with Crippen molar-refractivity contribution in [1.29, 1.82) is 0 Å². The van der Waals surface area contributed by atoms with E-state index in [9.17, 15) is 35.1 Å². The number of fused-ring (bicyclic) bond motifs is 3. The van der Waals surface area contributed by atoms with Gasteiger partial charge in [0, 0.05) is 45.2 Å². The minimum absolute atomic E-state index is 0.0503. The molecule has 2 unspecified atom stereocenters. The van der Waals surface area contributed by atoms with Crippen LogP contribution >= 0.6 is 0 Å². The summed E-state index contributed by atoms with van der Waals surface area (Å²) in [6, 6.07) is -2.62. The highest BCUT2D eigenvalue weighted by molar-refractivity contribution is 5.82. The third kappa shape index (κ3) is 12.9. The average molecular weight is 722 g/mol. The predicted octanol–water partition coefficient (Wildman–Crippen LogP) is 0.498. The maximum atomic E-state index is 12.6. The monoisotopic (exact) mass is 721 g/mol. The number of aliphatic hydroxyl groups is 5. The predicted molar refractivity (Wildman–Crippen MR) is 185 cm³/mol. The Labute approximate surface area is 298 Å². The van der Waals surface area contributed by atoms with E-state index in [2.05, 4.69) is 17.6 Å². The highest BCUT2D eigenvalue weighted by Crippen LogP contribution is 2.36. The first kappa shape index (κ1) is 40.8.